The first-order valence-corrected chi connectivity index (χ1v) is 10.8. The molecule has 0 saturated carbocycles. The Kier molecular flexibility index (Phi) is 6.65. The zero-order valence-electron chi connectivity index (χ0n) is 17.6. The number of nitrogens with one attached hydrogen (secondary N) is 1. The third kappa shape index (κ3) is 4.57. The normalized spacial score (nSPS) is 14.2. The number of carbonyl (C=O) groups is 2. The lowest BCUT2D eigenvalue weighted by atomic mass is 10.0. The SMILES string of the molecule is CCOC(=O)N1CCC(NC(=O)c2nnn(-c3ccccc3Cl)c2-c2ccncc2)CC1. The lowest BCUT2D eigenvalue weighted by molar-refractivity contribution is 0.0857. The molecule has 0 atom stereocenters. The van der Waals surface area contributed by atoms with Crippen molar-refractivity contribution in [1.82, 2.24) is 30.2 Å². The van der Waals surface area contributed by atoms with Gasteiger partial charge in [-0.3, -0.25) is 9.78 Å². The van der Waals surface area contributed by atoms with Crippen molar-refractivity contribution in [3.8, 4) is 16.9 Å². The molecule has 1 fully saturated rings. The number of pyridine rings is 1. The topological polar surface area (TPSA) is 102 Å². The highest BCUT2D eigenvalue weighted by atomic mass is 35.5. The second-order valence-corrected chi connectivity index (χ2v) is 7.73. The Labute approximate surface area is 190 Å². The molecule has 1 aliphatic heterocycles. The van der Waals surface area contributed by atoms with Crippen LogP contribution in [0, 0.1) is 0 Å². The van der Waals surface area contributed by atoms with E-state index in [1.54, 1.807) is 47.1 Å². The fourth-order valence-electron chi connectivity index (χ4n) is 3.67. The van der Waals surface area contributed by atoms with Crippen molar-refractivity contribution in [2.45, 2.75) is 25.8 Å². The number of carbonyl (C=O) groups excluding carboxylic acids is 2. The van der Waals surface area contributed by atoms with Crippen LogP contribution in [0.1, 0.15) is 30.3 Å². The Balaban J connectivity index is 1.57. The Morgan fingerprint density at radius 1 is 1.16 bits per heavy atom. The van der Waals surface area contributed by atoms with Crippen LogP contribution in [0.4, 0.5) is 4.79 Å². The standard InChI is InChI=1S/C22H23ClN6O3/c1-2-32-22(31)28-13-9-16(10-14-28)25-21(30)19-20(15-7-11-24-12-8-15)29(27-26-19)18-6-4-3-5-17(18)23/h3-8,11-12,16H,2,9-10,13-14H2,1H3,(H,25,30). The molecular formula is C22H23ClN6O3. The molecule has 166 valence electrons. The number of amides is 2. The van der Waals surface area contributed by atoms with Gasteiger partial charge in [0.15, 0.2) is 5.69 Å². The van der Waals surface area contributed by atoms with Crippen LogP contribution in [0.15, 0.2) is 48.8 Å². The number of hydrogen-bond acceptors (Lipinski definition) is 6. The Morgan fingerprint density at radius 2 is 1.88 bits per heavy atom. The first-order valence-electron chi connectivity index (χ1n) is 10.4. The van der Waals surface area contributed by atoms with Gasteiger partial charge in [0.05, 0.1) is 17.3 Å². The van der Waals surface area contributed by atoms with Crippen molar-refractivity contribution in [1.29, 1.82) is 0 Å². The predicted octanol–water partition coefficient (Wildman–Crippen LogP) is 3.33. The van der Waals surface area contributed by atoms with E-state index < -0.39 is 0 Å². The maximum Gasteiger partial charge on any atom is 0.409 e. The van der Waals surface area contributed by atoms with Gasteiger partial charge >= 0.3 is 6.09 Å². The minimum absolute atomic E-state index is 0.0797. The summed E-state index contributed by atoms with van der Waals surface area (Å²) in [5.41, 5.74) is 2.09. The number of hydrogen-bond donors (Lipinski definition) is 1. The molecule has 10 heteroatoms. The number of piperidine rings is 1. The second-order valence-electron chi connectivity index (χ2n) is 7.32. The van der Waals surface area contributed by atoms with Gasteiger partial charge in [-0.25, -0.2) is 9.48 Å². The fraction of sp³-hybridized carbons (Fsp3) is 0.318. The lowest BCUT2D eigenvalue weighted by Gasteiger charge is -2.31. The van der Waals surface area contributed by atoms with Gasteiger partial charge in [-0.15, -0.1) is 5.10 Å². The number of nitrogens with zero attached hydrogens (tertiary/aromatic N) is 5. The van der Waals surface area contributed by atoms with E-state index in [9.17, 15) is 9.59 Å². The molecule has 3 heterocycles. The number of rotatable bonds is 5. The molecule has 0 radical (unpaired) electrons. The highest BCUT2D eigenvalue weighted by Crippen LogP contribution is 2.28. The summed E-state index contributed by atoms with van der Waals surface area (Å²) in [4.78, 5) is 30.8. The summed E-state index contributed by atoms with van der Waals surface area (Å²) >= 11 is 6.38. The summed E-state index contributed by atoms with van der Waals surface area (Å²) in [6, 6.07) is 10.7. The van der Waals surface area contributed by atoms with Crippen LogP contribution < -0.4 is 5.32 Å². The molecule has 0 aliphatic carbocycles. The summed E-state index contributed by atoms with van der Waals surface area (Å²) in [5, 5.41) is 11.9. The van der Waals surface area contributed by atoms with E-state index >= 15 is 0 Å². The minimum atomic E-state index is -0.329. The zero-order valence-corrected chi connectivity index (χ0v) is 18.3. The maximum atomic E-state index is 13.2. The average Bonchev–Trinajstić information content (AvgIpc) is 3.26. The molecular weight excluding hydrogens is 432 g/mol. The molecule has 32 heavy (non-hydrogen) atoms. The third-order valence-electron chi connectivity index (χ3n) is 5.28. The first-order chi connectivity index (χ1) is 15.6. The number of likely N-dealkylation sites (tertiary alicyclic amines) is 1. The van der Waals surface area contributed by atoms with Crippen molar-refractivity contribution in [3.63, 3.8) is 0 Å². The van der Waals surface area contributed by atoms with E-state index in [0.29, 0.717) is 48.9 Å². The van der Waals surface area contributed by atoms with Crippen LogP contribution in [-0.4, -0.2) is 62.6 Å². The molecule has 3 aromatic rings. The van der Waals surface area contributed by atoms with Crippen molar-refractivity contribution in [2.24, 2.45) is 0 Å². The maximum absolute atomic E-state index is 13.2. The Bertz CT molecular complexity index is 1100. The summed E-state index contributed by atoms with van der Waals surface area (Å²) in [6.45, 7) is 3.16. The van der Waals surface area contributed by atoms with Crippen LogP contribution in [0.3, 0.4) is 0 Å². The summed E-state index contributed by atoms with van der Waals surface area (Å²) in [5.74, 6) is -0.329. The summed E-state index contributed by atoms with van der Waals surface area (Å²) in [6.07, 6.45) is 4.24. The minimum Gasteiger partial charge on any atom is -0.450 e. The smallest absolute Gasteiger partial charge is 0.409 e. The molecule has 1 N–H and O–H groups in total. The van der Waals surface area contributed by atoms with Crippen molar-refractivity contribution in [3.05, 3.63) is 59.5 Å². The second kappa shape index (κ2) is 9.78. The molecule has 2 aromatic heterocycles. The Hall–Kier alpha value is -3.46. The molecule has 9 nitrogen and oxygen atoms in total. The van der Waals surface area contributed by atoms with Gasteiger partial charge in [0.25, 0.3) is 5.91 Å². The number of halogens is 1. The van der Waals surface area contributed by atoms with Crippen LogP contribution in [0.25, 0.3) is 16.9 Å². The van der Waals surface area contributed by atoms with Gasteiger partial charge in [0.2, 0.25) is 0 Å². The molecule has 1 aliphatic rings. The number of para-hydroxylation sites is 1. The van der Waals surface area contributed by atoms with Gasteiger partial charge in [0, 0.05) is 37.1 Å². The highest BCUT2D eigenvalue weighted by Gasteiger charge is 2.28. The van der Waals surface area contributed by atoms with Crippen LogP contribution in [-0.2, 0) is 4.74 Å². The number of benzene rings is 1. The van der Waals surface area contributed by atoms with E-state index in [1.807, 2.05) is 18.2 Å². The van der Waals surface area contributed by atoms with Crippen molar-refractivity contribution in [2.75, 3.05) is 19.7 Å². The molecule has 0 spiro atoms. The van der Waals surface area contributed by atoms with E-state index in [4.69, 9.17) is 16.3 Å². The van der Waals surface area contributed by atoms with Crippen LogP contribution in [0.2, 0.25) is 5.02 Å². The molecule has 1 saturated heterocycles. The Morgan fingerprint density at radius 3 is 2.56 bits per heavy atom. The molecule has 0 unspecified atom stereocenters. The van der Waals surface area contributed by atoms with Crippen LogP contribution >= 0.6 is 11.6 Å². The lowest BCUT2D eigenvalue weighted by Crippen LogP contribution is -2.46. The largest absolute Gasteiger partial charge is 0.450 e. The number of ether oxygens (including phenoxy) is 1. The quantitative estimate of drug-likeness (QED) is 0.634. The average molecular weight is 455 g/mol. The van der Waals surface area contributed by atoms with Crippen LogP contribution in [0.5, 0.6) is 0 Å². The fourth-order valence-corrected chi connectivity index (χ4v) is 3.89. The molecule has 1 aromatic carbocycles. The number of aromatic nitrogens is 4. The summed E-state index contributed by atoms with van der Waals surface area (Å²) < 4.78 is 6.61. The third-order valence-corrected chi connectivity index (χ3v) is 5.60. The van der Waals surface area contributed by atoms with E-state index in [0.717, 1.165) is 5.56 Å². The monoisotopic (exact) mass is 454 g/mol. The van der Waals surface area contributed by atoms with E-state index in [1.165, 1.54) is 0 Å². The zero-order chi connectivity index (χ0) is 22.5. The van der Waals surface area contributed by atoms with Crippen molar-refractivity contribution < 1.29 is 14.3 Å². The highest BCUT2D eigenvalue weighted by molar-refractivity contribution is 6.32. The van der Waals surface area contributed by atoms with E-state index in [2.05, 4.69) is 20.6 Å². The molecule has 4 rings (SSSR count). The van der Waals surface area contributed by atoms with Gasteiger partial charge in [-0.05, 0) is 44.0 Å². The predicted molar refractivity (Wildman–Crippen MR) is 119 cm³/mol. The molecule has 2 amide bonds. The summed E-state index contributed by atoms with van der Waals surface area (Å²) in [7, 11) is 0. The van der Waals surface area contributed by atoms with Crippen molar-refractivity contribution >= 4 is 23.6 Å². The van der Waals surface area contributed by atoms with Gasteiger partial charge in [-0.1, -0.05) is 28.9 Å². The van der Waals surface area contributed by atoms with E-state index in [-0.39, 0.29) is 23.7 Å². The van der Waals surface area contributed by atoms with Gasteiger partial charge in [-0.2, -0.15) is 0 Å². The first kappa shape index (κ1) is 21.8. The van der Waals surface area contributed by atoms with Gasteiger partial charge in [0.1, 0.15) is 5.69 Å². The van der Waals surface area contributed by atoms with Gasteiger partial charge < -0.3 is 15.0 Å². The molecule has 0 bridgehead atoms.